The molecule has 15 heteroatoms. The van der Waals surface area contributed by atoms with Crippen LogP contribution in [0.3, 0.4) is 0 Å². The number of benzene rings is 2. The van der Waals surface area contributed by atoms with Crippen LogP contribution in [-0.4, -0.2) is 150 Å². The lowest BCUT2D eigenvalue weighted by molar-refractivity contribution is -0.330. The van der Waals surface area contributed by atoms with Crippen molar-refractivity contribution in [2.75, 3.05) is 42.4 Å². The van der Waals surface area contributed by atoms with Gasteiger partial charge in [0.25, 0.3) is 0 Å². The van der Waals surface area contributed by atoms with Gasteiger partial charge in [-0.05, 0) is 74.9 Å². The molecule has 2 fully saturated rings. The monoisotopic (exact) mass is 756 g/mol. The molecule has 0 amide bonds. The number of aromatic hydroxyl groups is 2. The third kappa shape index (κ3) is 6.23. The van der Waals surface area contributed by atoms with E-state index in [1.54, 1.807) is 6.92 Å². The molecule has 2 saturated heterocycles. The number of rotatable bonds is 8. The Morgan fingerprint density at radius 2 is 1.39 bits per heavy atom. The number of carbonyl (C=O) groups excluding carboxylic acids is 3. The van der Waals surface area contributed by atoms with Gasteiger partial charge in [0.05, 0.1) is 47.6 Å². The number of phenolic OH excluding ortho intramolecular Hbond substituents is 2. The van der Waals surface area contributed by atoms with Crippen LogP contribution in [0.1, 0.15) is 101 Å². The number of Topliss-reactive ketones (excluding diaryl/α,β-unsaturated/α-hetero) is 1. The molecule has 54 heavy (non-hydrogen) atoms. The highest BCUT2D eigenvalue weighted by atomic mass is 16.7. The second-order valence-electron chi connectivity index (χ2n) is 16.0. The number of aliphatic hydroxyl groups is 2. The molecular formula is C39H52N2O13. The van der Waals surface area contributed by atoms with Crippen molar-refractivity contribution < 1.29 is 63.2 Å². The van der Waals surface area contributed by atoms with Gasteiger partial charge in [0.1, 0.15) is 35.6 Å². The van der Waals surface area contributed by atoms with Gasteiger partial charge in [0, 0.05) is 48.3 Å². The summed E-state index contributed by atoms with van der Waals surface area (Å²) in [4.78, 5) is 45.6. The Hall–Kier alpha value is -3.51. The van der Waals surface area contributed by atoms with Gasteiger partial charge < -0.3 is 58.6 Å². The van der Waals surface area contributed by atoms with Crippen LogP contribution >= 0.6 is 0 Å². The van der Waals surface area contributed by atoms with Gasteiger partial charge in [-0.15, -0.1) is 0 Å². The van der Waals surface area contributed by atoms with Crippen molar-refractivity contribution in [2.45, 2.75) is 113 Å². The number of nitrogens with zero attached hydrogens (tertiary/aromatic N) is 2. The van der Waals surface area contributed by atoms with Crippen LogP contribution < -0.4 is 4.74 Å². The maximum Gasteiger partial charge on any atom is 0.201 e. The molecule has 6 rings (SSSR count). The van der Waals surface area contributed by atoms with E-state index in [4.69, 9.17) is 28.4 Å². The maximum atomic E-state index is 14.0. The summed E-state index contributed by atoms with van der Waals surface area (Å²) in [5, 5.41) is 45.8. The van der Waals surface area contributed by atoms with Crippen molar-refractivity contribution in [3.8, 4) is 17.2 Å². The van der Waals surface area contributed by atoms with E-state index in [1.165, 1.54) is 39.3 Å². The molecule has 0 spiro atoms. The van der Waals surface area contributed by atoms with Gasteiger partial charge in [0.15, 0.2) is 29.7 Å². The highest BCUT2D eigenvalue weighted by Gasteiger charge is 2.57. The minimum Gasteiger partial charge on any atom is -0.507 e. The van der Waals surface area contributed by atoms with E-state index in [9.17, 15) is 34.8 Å². The molecule has 0 bridgehead atoms. The van der Waals surface area contributed by atoms with E-state index in [-0.39, 0.29) is 58.6 Å². The Labute approximate surface area is 314 Å². The average Bonchev–Trinajstić information content (AvgIpc) is 3.06. The lowest BCUT2D eigenvalue weighted by atomic mass is 9.72. The fourth-order valence-electron chi connectivity index (χ4n) is 9.12. The van der Waals surface area contributed by atoms with Crippen LogP contribution in [0.4, 0.5) is 0 Å². The van der Waals surface area contributed by atoms with E-state index >= 15 is 0 Å². The Bertz CT molecular complexity index is 1860. The zero-order valence-electron chi connectivity index (χ0n) is 32.6. The standard InChI is InChI=1S/C39H52N2O13/c1-17-33(40(6)7)38(4,47)16-25(51-17)54-35-18(2)52-24(15-37(35,3)41(8)9)53-32-28-22(34(46)39(5,48)36(32)50-11)14-21-27(31(28)45)30(44)26-20(29(21)43)12-19(49-10)13-23(26)42/h12-14,17-18,24-25,32-33,35-36,42,45,47-48H,15-16H2,1-11H3. The summed E-state index contributed by atoms with van der Waals surface area (Å²) in [5.41, 5.74) is -5.70. The molecule has 2 aliphatic carbocycles. The third-order valence-corrected chi connectivity index (χ3v) is 11.9. The normalized spacial score (nSPS) is 36.6. The number of ether oxygens (including phenoxy) is 6. The molecule has 0 radical (unpaired) electrons. The first-order chi connectivity index (χ1) is 25.1. The fourth-order valence-corrected chi connectivity index (χ4v) is 9.12. The summed E-state index contributed by atoms with van der Waals surface area (Å²) >= 11 is 0. The zero-order chi connectivity index (χ0) is 40.0. The number of hydrogen-bond donors (Lipinski definition) is 4. The van der Waals surface area contributed by atoms with Crippen LogP contribution in [0.15, 0.2) is 18.2 Å². The Morgan fingerprint density at radius 1 is 0.778 bits per heavy atom. The van der Waals surface area contributed by atoms with E-state index in [2.05, 4.69) is 0 Å². The highest BCUT2D eigenvalue weighted by molar-refractivity contribution is 6.31. The van der Waals surface area contributed by atoms with Crippen LogP contribution in [0.5, 0.6) is 17.2 Å². The smallest absolute Gasteiger partial charge is 0.201 e. The Kier molecular flexibility index (Phi) is 10.3. The number of hydrogen-bond acceptors (Lipinski definition) is 15. The Morgan fingerprint density at radius 3 is 1.96 bits per heavy atom. The number of likely N-dealkylation sites (N-methyl/N-ethyl adjacent to an activating group) is 2. The van der Waals surface area contributed by atoms with Crippen molar-refractivity contribution in [2.24, 2.45) is 0 Å². The summed E-state index contributed by atoms with van der Waals surface area (Å²) in [5.74, 6) is -3.57. The SMILES string of the molecule is COc1cc(O)c2c(c1)C(=O)c1cc3c(c(O)c1C2=O)C(OC1CC(C)(N(C)C)C(OC2CC(C)(O)C(N(C)C)C(C)O2)C(C)O1)C(OC)C(C)(O)C3=O. The first kappa shape index (κ1) is 40.2. The molecule has 2 aliphatic heterocycles. The van der Waals surface area contributed by atoms with Crippen LogP contribution in [0, 0.1) is 0 Å². The lowest BCUT2D eigenvalue weighted by Gasteiger charge is -2.54. The molecule has 296 valence electrons. The molecule has 2 aromatic rings. The number of fused-ring (bicyclic) bond motifs is 3. The second kappa shape index (κ2) is 13.9. The largest absolute Gasteiger partial charge is 0.507 e. The molecule has 0 aromatic heterocycles. The molecular weight excluding hydrogens is 704 g/mol. The van der Waals surface area contributed by atoms with Crippen LogP contribution in [0.25, 0.3) is 0 Å². The third-order valence-electron chi connectivity index (χ3n) is 11.9. The molecule has 15 nitrogen and oxygen atoms in total. The first-order valence-electron chi connectivity index (χ1n) is 18.0. The van der Waals surface area contributed by atoms with Crippen LogP contribution in [-0.2, 0) is 23.7 Å². The number of phenols is 2. The lowest BCUT2D eigenvalue weighted by Crippen LogP contribution is -2.66. The van der Waals surface area contributed by atoms with Gasteiger partial charge in [-0.1, -0.05) is 0 Å². The Balaban J connectivity index is 1.37. The topological polar surface area (TPSA) is 194 Å². The number of ketones is 3. The van der Waals surface area contributed by atoms with Gasteiger partial charge in [-0.2, -0.15) is 0 Å². The van der Waals surface area contributed by atoms with E-state index < -0.39 is 88.1 Å². The fraction of sp³-hybridized carbons (Fsp3) is 0.615. The molecule has 0 saturated carbocycles. The predicted octanol–water partition coefficient (Wildman–Crippen LogP) is 2.56. The van der Waals surface area contributed by atoms with Gasteiger partial charge in [0.2, 0.25) is 5.78 Å². The van der Waals surface area contributed by atoms with Crippen molar-refractivity contribution >= 4 is 17.3 Å². The molecule has 2 aromatic carbocycles. The molecule has 4 aliphatic rings. The minimum absolute atomic E-state index is 0.123. The summed E-state index contributed by atoms with van der Waals surface area (Å²) in [7, 11) is 10.2. The van der Waals surface area contributed by atoms with Crippen molar-refractivity contribution in [1.82, 2.24) is 9.80 Å². The first-order valence-corrected chi connectivity index (χ1v) is 18.0. The minimum atomic E-state index is -2.21. The summed E-state index contributed by atoms with van der Waals surface area (Å²) in [6.45, 7) is 8.70. The number of carbonyl (C=O) groups is 3. The predicted molar refractivity (Wildman–Crippen MR) is 192 cm³/mol. The molecule has 4 N–H and O–H groups in total. The van der Waals surface area contributed by atoms with E-state index in [0.29, 0.717) is 0 Å². The van der Waals surface area contributed by atoms with Crippen molar-refractivity contribution in [3.05, 3.63) is 51.6 Å². The van der Waals surface area contributed by atoms with Crippen molar-refractivity contribution in [3.63, 3.8) is 0 Å². The number of methoxy groups -OCH3 is 2. The highest BCUT2D eigenvalue weighted by Crippen LogP contribution is 2.50. The van der Waals surface area contributed by atoms with Crippen molar-refractivity contribution in [1.29, 1.82) is 0 Å². The molecule has 2 heterocycles. The average molecular weight is 757 g/mol. The molecule has 11 unspecified atom stereocenters. The summed E-state index contributed by atoms with van der Waals surface area (Å²) in [6.07, 6.45) is -5.75. The van der Waals surface area contributed by atoms with Gasteiger partial charge in [-0.3, -0.25) is 14.4 Å². The van der Waals surface area contributed by atoms with Gasteiger partial charge >= 0.3 is 0 Å². The summed E-state index contributed by atoms with van der Waals surface area (Å²) < 4.78 is 36.8. The van der Waals surface area contributed by atoms with E-state index in [1.807, 2.05) is 58.8 Å². The second-order valence-corrected chi connectivity index (χ2v) is 16.0. The zero-order valence-corrected chi connectivity index (χ0v) is 32.6. The van der Waals surface area contributed by atoms with Gasteiger partial charge in [-0.25, -0.2) is 0 Å². The quantitative estimate of drug-likeness (QED) is 0.262. The van der Waals surface area contributed by atoms with E-state index in [0.717, 1.165) is 0 Å². The summed E-state index contributed by atoms with van der Waals surface area (Å²) in [6, 6.07) is 3.39. The maximum absolute atomic E-state index is 14.0. The van der Waals surface area contributed by atoms with Crippen LogP contribution in [0.2, 0.25) is 0 Å². The molecule has 11 atom stereocenters.